The topological polar surface area (TPSA) is 67.2 Å². The van der Waals surface area contributed by atoms with E-state index in [-0.39, 0.29) is 11.8 Å². The first kappa shape index (κ1) is 10.7. The van der Waals surface area contributed by atoms with Crippen LogP contribution in [0.1, 0.15) is 23.1 Å². The number of aromatic nitrogens is 2. The Balaban J connectivity index is 2.62. The van der Waals surface area contributed by atoms with Crippen molar-refractivity contribution in [2.75, 3.05) is 12.4 Å². The Morgan fingerprint density at radius 1 is 1.31 bits per heavy atom. The summed E-state index contributed by atoms with van der Waals surface area (Å²) in [5.41, 5.74) is 1.80. The quantitative estimate of drug-likeness (QED) is 0.634. The Bertz CT molecular complexity index is 477. The lowest BCUT2D eigenvalue weighted by atomic mass is 10.2. The lowest BCUT2D eigenvalue weighted by Crippen LogP contribution is -2.40. The van der Waals surface area contributed by atoms with Crippen LogP contribution in [0.2, 0.25) is 0 Å². The maximum Gasteiger partial charge on any atom is 0.280 e. The number of carbonyl (C=O) groups excluding carboxylic acids is 2. The largest absolute Gasteiger partial charge is 0.370 e. The van der Waals surface area contributed by atoms with Gasteiger partial charge in [-0.2, -0.15) is 5.10 Å². The number of anilines is 1. The lowest BCUT2D eigenvalue weighted by Gasteiger charge is -2.15. The van der Waals surface area contributed by atoms with Crippen LogP contribution in [-0.4, -0.2) is 39.6 Å². The number of hydrogen-bond donors (Lipinski definition) is 1. The Hall–Kier alpha value is -1.85. The molecule has 1 unspecified atom stereocenters. The van der Waals surface area contributed by atoms with Crippen LogP contribution in [-0.2, 0) is 11.8 Å². The summed E-state index contributed by atoms with van der Waals surface area (Å²) in [6, 6.07) is -0.418. The smallest absolute Gasteiger partial charge is 0.280 e. The molecule has 1 aromatic rings. The Labute approximate surface area is 93.2 Å². The fraction of sp³-hybridized carbons (Fsp3) is 0.500. The molecule has 0 saturated carbocycles. The highest BCUT2D eigenvalue weighted by atomic mass is 16.2. The number of carbonyl (C=O) groups is 2. The second-order valence-corrected chi connectivity index (χ2v) is 4.00. The molecule has 1 aliphatic rings. The summed E-state index contributed by atoms with van der Waals surface area (Å²) in [7, 11) is 3.18. The van der Waals surface area contributed by atoms with Gasteiger partial charge in [0.05, 0.1) is 11.4 Å². The maximum atomic E-state index is 12.0. The van der Waals surface area contributed by atoms with E-state index >= 15 is 0 Å². The van der Waals surface area contributed by atoms with Gasteiger partial charge in [-0.25, -0.2) is 0 Å². The molecule has 1 N–H and O–H groups in total. The predicted octanol–water partition coefficient (Wildman–Crippen LogP) is 0.141. The first-order chi connectivity index (χ1) is 7.43. The molecule has 1 atom stereocenters. The van der Waals surface area contributed by atoms with Gasteiger partial charge in [-0.1, -0.05) is 0 Å². The van der Waals surface area contributed by atoms with Gasteiger partial charge in [0.2, 0.25) is 0 Å². The van der Waals surface area contributed by atoms with Gasteiger partial charge < -0.3 is 5.32 Å². The first-order valence-electron chi connectivity index (χ1n) is 5.05. The van der Waals surface area contributed by atoms with Gasteiger partial charge in [0.1, 0.15) is 11.7 Å². The summed E-state index contributed by atoms with van der Waals surface area (Å²) in [5, 5.41) is 7.20. The lowest BCUT2D eigenvalue weighted by molar-refractivity contribution is -0.127. The van der Waals surface area contributed by atoms with E-state index in [1.807, 2.05) is 6.92 Å². The molecule has 0 saturated heterocycles. The number of aryl methyl sites for hydroxylation is 2. The van der Waals surface area contributed by atoms with E-state index in [1.165, 1.54) is 11.7 Å². The number of nitrogens with one attached hydrogen (secondary N) is 1. The zero-order valence-corrected chi connectivity index (χ0v) is 9.74. The molecule has 1 aliphatic heterocycles. The van der Waals surface area contributed by atoms with Crippen molar-refractivity contribution in [2.45, 2.75) is 19.9 Å². The average molecular weight is 222 g/mol. The van der Waals surface area contributed by atoms with Gasteiger partial charge in [0, 0.05) is 14.1 Å². The van der Waals surface area contributed by atoms with Crippen LogP contribution in [0, 0.1) is 6.92 Å². The molecule has 0 aromatic carbocycles. The molecule has 16 heavy (non-hydrogen) atoms. The van der Waals surface area contributed by atoms with Crippen LogP contribution in [0.25, 0.3) is 0 Å². The number of imide groups is 1. The summed E-state index contributed by atoms with van der Waals surface area (Å²) in [4.78, 5) is 24.9. The minimum absolute atomic E-state index is 0.236. The molecular weight excluding hydrogens is 208 g/mol. The average Bonchev–Trinajstić information content (AvgIpc) is 2.46. The number of rotatable bonds is 0. The summed E-state index contributed by atoms with van der Waals surface area (Å²) >= 11 is 0. The van der Waals surface area contributed by atoms with E-state index in [1.54, 1.807) is 14.0 Å². The molecule has 2 rings (SSSR count). The molecule has 2 amide bonds. The van der Waals surface area contributed by atoms with Gasteiger partial charge >= 0.3 is 0 Å². The normalized spacial score (nSPS) is 20.5. The van der Waals surface area contributed by atoms with Crippen molar-refractivity contribution in [3.63, 3.8) is 0 Å². The molecule has 2 heterocycles. The summed E-state index contributed by atoms with van der Waals surface area (Å²) in [5.74, 6) is -0.555. The number of fused-ring (bicyclic) bond motifs is 1. The molecule has 1 aromatic heterocycles. The molecule has 0 bridgehead atoms. The van der Waals surface area contributed by atoms with Crippen molar-refractivity contribution in [2.24, 2.45) is 7.05 Å². The zero-order chi connectivity index (χ0) is 12.0. The number of amides is 2. The molecule has 0 fully saturated rings. The van der Waals surface area contributed by atoms with Crippen LogP contribution < -0.4 is 5.32 Å². The molecular formula is C10H14N4O2. The van der Waals surface area contributed by atoms with Gasteiger partial charge in [0.25, 0.3) is 11.8 Å². The van der Waals surface area contributed by atoms with E-state index in [2.05, 4.69) is 10.4 Å². The van der Waals surface area contributed by atoms with Gasteiger partial charge in [-0.05, 0) is 13.8 Å². The van der Waals surface area contributed by atoms with Crippen LogP contribution in [0.3, 0.4) is 0 Å². The van der Waals surface area contributed by atoms with Crippen molar-refractivity contribution in [3.05, 3.63) is 11.4 Å². The Kier molecular flexibility index (Phi) is 2.22. The molecule has 6 heteroatoms. The van der Waals surface area contributed by atoms with Crippen LogP contribution in [0.4, 0.5) is 5.69 Å². The van der Waals surface area contributed by atoms with Crippen molar-refractivity contribution in [1.82, 2.24) is 14.7 Å². The molecule has 86 valence electrons. The van der Waals surface area contributed by atoms with Crippen molar-refractivity contribution < 1.29 is 9.59 Å². The highest BCUT2D eigenvalue weighted by Gasteiger charge is 2.33. The monoisotopic (exact) mass is 222 g/mol. The van der Waals surface area contributed by atoms with Gasteiger partial charge in [-0.15, -0.1) is 0 Å². The number of likely N-dealkylation sites (N-methyl/N-ethyl adjacent to an activating group) is 1. The molecule has 0 radical (unpaired) electrons. The Morgan fingerprint density at radius 3 is 2.56 bits per heavy atom. The second kappa shape index (κ2) is 3.33. The van der Waals surface area contributed by atoms with E-state index in [0.29, 0.717) is 11.4 Å². The third kappa shape index (κ3) is 1.30. The van der Waals surface area contributed by atoms with Crippen molar-refractivity contribution >= 4 is 17.5 Å². The van der Waals surface area contributed by atoms with E-state index in [9.17, 15) is 9.59 Å². The molecule has 0 spiro atoms. The number of hydrogen-bond acceptors (Lipinski definition) is 4. The van der Waals surface area contributed by atoms with Crippen LogP contribution >= 0.6 is 0 Å². The standard InChI is InChI=1S/C10H14N4O2/c1-5-7-8(14(4)12-5)10(16)13(3)9(15)6(2)11-7/h6,11H,1-4H3. The summed E-state index contributed by atoms with van der Waals surface area (Å²) in [6.07, 6.45) is 0. The summed E-state index contributed by atoms with van der Waals surface area (Å²) in [6.45, 7) is 3.54. The highest BCUT2D eigenvalue weighted by molar-refractivity contribution is 6.10. The molecule has 6 nitrogen and oxygen atoms in total. The fourth-order valence-electron chi connectivity index (χ4n) is 1.90. The third-order valence-corrected chi connectivity index (χ3v) is 2.79. The summed E-state index contributed by atoms with van der Waals surface area (Å²) < 4.78 is 1.50. The van der Waals surface area contributed by atoms with E-state index in [4.69, 9.17) is 0 Å². The minimum Gasteiger partial charge on any atom is -0.370 e. The SMILES string of the molecule is Cc1nn(C)c2c1NC(C)C(=O)N(C)C2=O. The Morgan fingerprint density at radius 2 is 1.94 bits per heavy atom. The third-order valence-electron chi connectivity index (χ3n) is 2.79. The van der Waals surface area contributed by atoms with Crippen molar-refractivity contribution in [1.29, 1.82) is 0 Å². The maximum absolute atomic E-state index is 12.0. The fourth-order valence-corrected chi connectivity index (χ4v) is 1.90. The minimum atomic E-state index is -0.418. The second-order valence-electron chi connectivity index (χ2n) is 4.00. The number of nitrogens with zero attached hydrogens (tertiary/aromatic N) is 3. The van der Waals surface area contributed by atoms with Crippen LogP contribution in [0.15, 0.2) is 0 Å². The van der Waals surface area contributed by atoms with E-state index in [0.717, 1.165) is 10.6 Å². The highest BCUT2D eigenvalue weighted by Crippen LogP contribution is 2.25. The first-order valence-corrected chi connectivity index (χ1v) is 5.05. The van der Waals surface area contributed by atoms with Crippen LogP contribution in [0.5, 0.6) is 0 Å². The van der Waals surface area contributed by atoms with Gasteiger partial charge in [0.15, 0.2) is 0 Å². The molecule has 0 aliphatic carbocycles. The van der Waals surface area contributed by atoms with E-state index < -0.39 is 6.04 Å². The zero-order valence-electron chi connectivity index (χ0n) is 9.74. The van der Waals surface area contributed by atoms with Crippen molar-refractivity contribution in [3.8, 4) is 0 Å². The predicted molar refractivity (Wildman–Crippen MR) is 58.1 cm³/mol. The van der Waals surface area contributed by atoms with Gasteiger partial charge in [-0.3, -0.25) is 19.2 Å².